The molecule has 0 bridgehead atoms. The summed E-state index contributed by atoms with van der Waals surface area (Å²) in [6.07, 6.45) is 1.82. The van der Waals surface area contributed by atoms with Crippen LogP contribution in [0.1, 0.15) is 33.1 Å². The molecule has 2 aliphatic heterocycles. The smallest absolute Gasteiger partial charge is 0.451 e. The van der Waals surface area contributed by atoms with E-state index in [4.69, 9.17) is 15.8 Å². The lowest BCUT2D eigenvalue weighted by Crippen LogP contribution is -2.59. The standard InChI is InChI=1S/C14H26BN3O5/c1-12(2,16)10(19)18-8-13(4-3-6-15(22)23)5-7-17-14(13,9-18)11(20)21/h17,22-23H,3-9,16H2,1-2H3,(H,20,21)/t13-,14-/m1/s1. The maximum atomic E-state index is 12.5. The van der Waals surface area contributed by atoms with E-state index in [1.54, 1.807) is 13.8 Å². The molecule has 9 heteroatoms. The Balaban J connectivity index is 2.25. The number of amides is 1. The molecule has 23 heavy (non-hydrogen) atoms. The van der Waals surface area contributed by atoms with E-state index >= 15 is 0 Å². The molecular formula is C14H26BN3O5. The first-order valence-corrected chi connectivity index (χ1v) is 7.97. The van der Waals surface area contributed by atoms with Crippen LogP contribution in [-0.2, 0) is 9.59 Å². The minimum absolute atomic E-state index is 0.0868. The van der Waals surface area contributed by atoms with Gasteiger partial charge in [0.2, 0.25) is 5.91 Å². The summed E-state index contributed by atoms with van der Waals surface area (Å²) >= 11 is 0. The molecule has 0 aliphatic carbocycles. The van der Waals surface area contributed by atoms with E-state index in [0.717, 1.165) is 0 Å². The summed E-state index contributed by atoms with van der Waals surface area (Å²) in [5.74, 6) is -1.24. The van der Waals surface area contributed by atoms with Gasteiger partial charge in [-0.25, -0.2) is 0 Å². The molecule has 2 fully saturated rings. The maximum Gasteiger partial charge on any atom is 0.451 e. The van der Waals surface area contributed by atoms with Gasteiger partial charge in [-0.3, -0.25) is 14.9 Å². The topological polar surface area (TPSA) is 136 Å². The van der Waals surface area contributed by atoms with Gasteiger partial charge in [-0.1, -0.05) is 6.42 Å². The van der Waals surface area contributed by atoms with Crippen LogP contribution in [0.25, 0.3) is 0 Å². The number of aliphatic carboxylic acids is 1. The SMILES string of the molecule is CC(C)(N)C(=O)N1C[C@@]2(CCCB(O)O)CCN[C@@]2(C(=O)O)C1. The fourth-order valence-electron chi connectivity index (χ4n) is 4.02. The predicted molar refractivity (Wildman–Crippen MR) is 84.5 cm³/mol. The number of nitrogens with one attached hydrogen (secondary N) is 1. The van der Waals surface area contributed by atoms with Gasteiger partial charge in [0, 0.05) is 12.0 Å². The molecule has 0 radical (unpaired) electrons. The number of nitrogens with two attached hydrogens (primary N) is 1. The average Bonchev–Trinajstić information content (AvgIpc) is 2.89. The summed E-state index contributed by atoms with van der Waals surface area (Å²) in [5.41, 5.74) is 3.04. The average molecular weight is 327 g/mol. The highest BCUT2D eigenvalue weighted by Gasteiger charge is 2.65. The van der Waals surface area contributed by atoms with Crippen molar-refractivity contribution in [2.75, 3.05) is 19.6 Å². The summed E-state index contributed by atoms with van der Waals surface area (Å²) in [6, 6.07) is 0. The van der Waals surface area contributed by atoms with Gasteiger partial charge in [0.15, 0.2) is 0 Å². The number of carbonyl (C=O) groups is 2. The zero-order chi connectivity index (χ0) is 17.5. The molecule has 0 aromatic rings. The summed E-state index contributed by atoms with van der Waals surface area (Å²) in [7, 11) is -1.40. The Kier molecular flexibility index (Phi) is 4.78. The Labute approximate surface area is 136 Å². The van der Waals surface area contributed by atoms with E-state index in [1.807, 2.05) is 0 Å². The second kappa shape index (κ2) is 6.05. The molecule has 130 valence electrons. The van der Waals surface area contributed by atoms with E-state index in [2.05, 4.69) is 5.32 Å². The molecule has 0 aromatic carbocycles. The van der Waals surface area contributed by atoms with Crippen molar-refractivity contribution in [3.63, 3.8) is 0 Å². The highest BCUT2D eigenvalue weighted by Crippen LogP contribution is 2.50. The summed E-state index contributed by atoms with van der Waals surface area (Å²) in [5, 5.41) is 31.0. The lowest BCUT2D eigenvalue weighted by Gasteiger charge is -2.35. The second-order valence-electron chi connectivity index (χ2n) is 7.42. The minimum Gasteiger partial charge on any atom is -0.480 e. The second-order valence-corrected chi connectivity index (χ2v) is 7.42. The molecule has 6 N–H and O–H groups in total. The minimum atomic E-state index is -1.40. The lowest BCUT2D eigenvalue weighted by molar-refractivity contribution is -0.147. The van der Waals surface area contributed by atoms with Crippen molar-refractivity contribution in [3.8, 4) is 0 Å². The van der Waals surface area contributed by atoms with Crippen LogP contribution in [0, 0.1) is 5.41 Å². The molecule has 2 heterocycles. The Bertz CT molecular complexity index is 495. The first-order valence-electron chi connectivity index (χ1n) is 7.97. The van der Waals surface area contributed by atoms with Crippen LogP contribution in [0.3, 0.4) is 0 Å². The quantitative estimate of drug-likeness (QED) is 0.379. The zero-order valence-electron chi connectivity index (χ0n) is 13.7. The van der Waals surface area contributed by atoms with E-state index in [1.165, 1.54) is 4.90 Å². The van der Waals surface area contributed by atoms with Crippen LogP contribution in [-0.4, -0.2) is 69.8 Å². The van der Waals surface area contributed by atoms with E-state index < -0.39 is 29.6 Å². The van der Waals surface area contributed by atoms with E-state index in [9.17, 15) is 14.7 Å². The van der Waals surface area contributed by atoms with Gasteiger partial charge in [-0.05, 0) is 39.6 Å². The van der Waals surface area contributed by atoms with Gasteiger partial charge in [0.25, 0.3) is 0 Å². The van der Waals surface area contributed by atoms with Crippen molar-refractivity contribution in [2.24, 2.45) is 11.1 Å². The van der Waals surface area contributed by atoms with Crippen LogP contribution >= 0.6 is 0 Å². The molecule has 0 unspecified atom stereocenters. The first kappa shape index (κ1) is 18.2. The van der Waals surface area contributed by atoms with Gasteiger partial charge in [0.05, 0.1) is 12.1 Å². The fraction of sp³-hybridized carbons (Fsp3) is 0.857. The van der Waals surface area contributed by atoms with Crippen LogP contribution < -0.4 is 11.1 Å². The number of carboxylic acid groups (broad SMARTS) is 1. The summed E-state index contributed by atoms with van der Waals surface area (Å²) in [4.78, 5) is 26.0. The number of fused-ring (bicyclic) bond motifs is 1. The van der Waals surface area contributed by atoms with Crippen molar-refractivity contribution >= 4 is 19.0 Å². The Morgan fingerprint density at radius 3 is 2.52 bits per heavy atom. The van der Waals surface area contributed by atoms with Crippen molar-refractivity contribution in [1.82, 2.24) is 10.2 Å². The highest BCUT2D eigenvalue weighted by molar-refractivity contribution is 6.40. The van der Waals surface area contributed by atoms with Gasteiger partial charge >= 0.3 is 13.1 Å². The third-order valence-corrected chi connectivity index (χ3v) is 5.18. The third kappa shape index (κ3) is 3.10. The van der Waals surface area contributed by atoms with Crippen LogP contribution in [0.2, 0.25) is 6.32 Å². The zero-order valence-corrected chi connectivity index (χ0v) is 13.7. The van der Waals surface area contributed by atoms with Crippen molar-refractivity contribution in [1.29, 1.82) is 0 Å². The number of nitrogens with zero attached hydrogens (tertiary/aromatic N) is 1. The predicted octanol–water partition coefficient (Wildman–Crippen LogP) is -1.38. The van der Waals surface area contributed by atoms with E-state index in [-0.39, 0.29) is 18.8 Å². The number of hydrogen-bond donors (Lipinski definition) is 5. The first-order chi connectivity index (χ1) is 10.5. The van der Waals surface area contributed by atoms with Crippen molar-refractivity contribution < 1.29 is 24.7 Å². The Morgan fingerprint density at radius 2 is 2.00 bits per heavy atom. The molecule has 0 aromatic heterocycles. The van der Waals surface area contributed by atoms with Gasteiger partial charge in [-0.15, -0.1) is 0 Å². The van der Waals surface area contributed by atoms with Crippen molar-refractivity contribution in [3.05, 3.63) is 0 Å². The summed E-state index contributed by atoms with van der Waals surface area (Å²) < 4.78 is 0. The molecule has 2 atom stereocenters. The molecule has 0 spiro atoms. The van der Waals surface area contributed by atoms with E-state index in [0.29, 0.717) is 32.4 Å². The Morgan fingerprint density at radius 1 is 1.35 bits per heavy atom. The molecule has 1 amide bonds. The van der Waals surface area contributed by atoms with Gasteiger partial charge < -0.3 is 25.8 Å². The number of hydrogen-bond acceptors (Lipinski definition) is 6. The lowest BCUT2D eigenvalue weighted by atomic mass is 9.68. The van der Waals surface area contributed by atoms with Crippen LogP contribution in [0.5, 0.6) is 0 Å². The largest absolute Gasteiger partial charge is 0.480 e. The molecule has 2 aliphatic rings. The Hall–Kier alpha value is -1.16. The molecular weight excluding hydrogens is 301 g/mol. The number of rotatable bonds is 6. The normalized spacial score (nSPS) is 30.4. The van der Waals surface area contributed by atoms with Gasteiger partial charge in [0.1, 0.15) is 5.54 Å². The molecule has 2 saturated heterocycles. The van der Waals surface area contributed by atoms with Crippen LogP contribution in [0.4, 0.5) is 0 Å². The fourth-order valence-corrected chi connectivity index (χ4v) is 4.02. The van der Waals surface area contributed by atoms with Gasteiger partial charge in [-0.2, -0.15) is 0 Å². The monoisotopic (exact) mass is 327 g/mol. The van der Waals surface area contributed by atoms with Crippen molar-refractivity contribution in [2.45, 2.75) is 50.5 Å². The third-order valence-electron chi connectivity index (χ3n) is 5.18. The maximum absolute atomic E-state index is 12.5. The van der Waals surface area contributed by atoms with Crippen LogP contribution in [0.15, 0.2) is 0 Å². The number of likely N-dealkylation sites (tertiary alicyclic amines) is 1. The summed E-state index contributed by atoms with van der Waals surface area (Å²) in [6.45, 7) is 4.21. The molecule has 2 rings (SSSR count). The molecule has 0 saturated carbocycles. The highest BCUT2D eigenvalue weighted by atomic mass is 16.4. The number of carboxylic acids is 1. The number of carbonyl (C=O) groups excluding carboxylic acids is 1. The molecule has 8 nitrogen and oxygen atoms in total.